The van der Waals surface area contributed by atoms with Gasteiger partial charge < -0.3 is 31.3 Å². The van der Waals surface area contributed by atoms with Crippen molar-refractivity contribution in [3.8, 4) is 0 Å². The molecule has 3 unspecified atom stereocenters. The van der Waals surface area contributed by atoms with Gasteiger partial charge >= 0.3 is 6.18 Å². The number of alkyl halides is 3. The Morgan fingerprint density at radius 3 is 2.23 bits per heavy atom. The average Bonchev–Trinajstić information content (AvgIpc) is 3.56. The van der Waals surface area contributed by atoms with E-state index in [9.17, 15) is 42.3 Å². The highest BCUT2D eigenvalue weighted by Crippen LogP contribution is 2.33. The van der Waals surface area contributed by atoms with Crippen LogP contribution in [-0.2, 0) is 19.2 Å². The van der Waals surface area contributed by atoms with Crippen molar-refractivity contribution < 1.29 is 42.3 Å². The van der Waals surface area contributed by atoms with E-state index in [4.69, 9.17) is 0 Å². The molecule has 1 aromatic rings. The van der Waals surface area contributed by atoms with Gasteiger partial charge in [0.05, 0.1) is 12.2 Å². The summed E-state index contributed by atoms with van der Waals surface area (Å²) in [5.74, 6) is -3.92. The van der Waals surface area contributed by atoms with Crippen molar-refractivity contribution >= 4 is 29.5 Å². The summed E-state index contributed by atoms with van der Waals surface area (Å²) in [7, 11) is 0. The van der Waals surface area contributed by atoms with E-state index in [-0.39, 0.29) is 43.0 Å². The second-order valence-electron chi connectivity index (χ2n) is 15.2. The molecule has 2 heterocycles. The molecule has 0 spiro atoms. The van der Waals surface area contributed by atoms with E-state index < -0.39 is 84.2 Å². The molecule has 5 amide bonds. The Morgan fingerprint density at radius 1 is 1.00 bits per heavy atom. The van der Waals surface area contributed by atoms with E-state index in [2.05, 4.69) is 37.8 Å². The lowest BCUT2D eigenvalue weighted by molar-refractivity contribution is -0.147. The molecule has 1 saturated carbocycles. The quantitative estimate of drug-likeness (QED) is 0.170. The first-order valence-corrected chi connectivity index (χ1v) is 18.0. The molecular formula is C36H54F3N7O6. The molecule has 16 heteroatoms. The van der Waals surface area contributed by atoms with Crippen molar-refractivity contribution in [2.75, 3.05) is 13.1 Å². The zero-order valence-electron chi connectivity index (χ0n) is 30.7. The van der Waals surface area contributed by atoms with Crippen LogP contribution >= 0.6 is 0 Å². The standard InChI is InChI=1S/C36H54F3N7O6/c1-7-15-42-33(51)28(47)24(13-14-36(37,38)39)43-31(49)26-18-23(21(2)3)20-46(26)34(52)29(35(4,5)6)45-32(50)27(22-11-9-8-10-12-22)44-30(48)25-19-40-16-17-41-25/h7,16-17,19,21-24,26-29,47H,1,8-15,18,20H2,2-6H3,(H,42,51)(H,43,49)(H,44,48)(H,45,50)/t23-,24?,26+,27?,28?,29-/m1/s1. The lowest BCUT2D eigenvalue weighted by atomic mass is 9.82. The van der Waals surface area contributed by atoms with Crippen molar-refractivity contribution in [1.82, 2.24) is 36.1 Å². The van der Waals surface area contributed by atoms with E-state index in [1.807, 2.05) is 13.8 Å². The number of nitrogens with one attached hydrogen (secondary N) is 4. The monoisotopic (exact) mass is 737 g/mol. The Morgan fingerprint density at radius 2 is 1.67 bits per heavy atom. The van der Waals surface area contributed by atoms with Crippen molar-refractivity contribution in [1.29, 1.82) is 0 Å². The third-order valence-electron chi connectivity index (χ3n) is 9.88. The van der Waals surface area contributed by atoms with Gasteiger partial charge in [0.1, 0.15) is 23.8 Å². The topological polar surface area (TPSA) is 183 Å². The van der Waals surface area contributed by atoms with Gasteiger partial charge in [0.2, 0.25) is 17.7 Å². The molecule has 13 nitrogen and oxygen atoms in total. The third-order valence-corrected chi connectivity index (χ3v) is 9.88. The molecule has 3 rings (SSSR count). The minimum Gasteiger partial charge on any atom is -0.381 e. The van der Waals surface area contributed by atoms with Crippen LogP contribution in [0.4, 0.5) is 13.2 Å². The lowest BCUT2D eigenvalue weighted by Gasteiger charge is -2.38. The van der Waals surface area contributed by atoms with Gasteiger partial charge in [-0.05, 0) is 48.9 Å². The molecule has 2 aliphatic rings. The molecule has 1 aliphatic carbocycles. The summed E-state index contributed by atoms with van der Waals surface area (Å²) in [5, 5.41) is 21.2. The maximum Gasteiger partial charge on any atom is 0.389 e. The van der Waals surface area contributed by atoms with Crippen LogP contribution in [0.3, 0.4) is 0 Å². The predicted molar refractivity (Wildman–Crippen MR) is 186 cm³/mol. The highest BCUT2D eigenvalue weighted by atomic mass is 19.4. The molecule has 52 heavy (non-hydrogen) atoms. The van der Waals surface area contributed by atoms with E-state index in [1.54, 1.807) is 20.8 Å². The minimum absolute atomic E-state index is 0.0130. The predicted octanol–water partition coefficient (Wildman–Crippen LogP) is 3.05. The van der Waals surface area contributed by atoms with E-state index in [1.165, 1.54) is 29.6 Å². The number of aliphatic hydroxyl groups excluding tert-OH is 1. The number of aliphatic hydroxyl groups is 1. The van der Waals surface area contributed by atoms with Crippen LogP contribution in [-0.4, -0.2) is 99.0 Å². The van der Waals surface area contributed by atoms with Gasteiger partial charge in [-0.2, -0.15) is 13.2 Å². The number of likely N-dealkylation sites (tertiary alicyclic amines) is 1. The minimum atomic E-state index is -4.63. The van der Waals surface area contributed by atoms with Gasteiger partial charge in [-0.1, -0.05) is 60.0 Å². The number of aromatic nitrogens is 2. The first kappa shape index (κ1) is 42.3. The highest BCUT2D eigenvalue weighted by molar-refractivity contribution is 5.98. The van der Waals surface area contributed by atoms with Gasteiger partial charge in [-0.15, -0.1) is 6.58 Å². The smallest absolute Gasteiger partial charge is 0.381 e. The van der Waals surface area contributed by atoms with Gasteiger partial charge in [0.15, 0.2) is 6.10 Å². The number of carbonyl (C=O) groups excluding carboxylic acids is 5. The Labute approximate surface area is 303 Å². The van der Waals surface area contributed by atoms with Crippen LogP contribution < -0.4 is 21.3 Å². The van der Waals surface area contributed by atoms with Crippen LogP contribution in [0.25, 0.3) is 0 Å². The zero-order chi connectivity index (χ0) is 38.8. The maximum absolute atomic E-state index is 14.5. The summed E-state index contributed by atoms with van der Waals surface area (Å²) in [4.78, 5) is 77.5. The number of nitrogens with zero attached hydrogens (tertiary/aromatic N) is 3. The summed E-state index contributed by atoms with van der Waals surface area (Å²) in [6.45, 7) is 12.6. The van der Waals surface area contributed by atoms with Gasteiger partial charge in [0, 0.05) is 31.9 Å². The maximum atomic E-state index is 14.5. The van der Waals surface area contributed by atoms with E-state index in [0.29, 0.717) is 12.8 Å². The number of hydrogen-bond acceptors (Lipinski definition) is 8. The Hall–Kier alpha value is -4.08. The number of carbonyl (C=O) groups is 5. The fraction of sp³-hybridized carbons (Fsp3) is 0.694. The number of rotatable bonds is 15. The van der Waals surface area contributed by atoms with Crippen LogP contribution in [0, 0.1) is 23.2 Å². The normalized spacial score (nSPS) is 20.7. The van der Waals surface area contributed by atoms with Crippen LogP contribution in [0.15, 0.2) is 31.2 Å². The summed E-state index contributed by atoms with van der Waals surface area (Å²) >= 11 is 0. The molecule has 290 valence electrons. The summed E-state index contributed by atoms with van der Waals surface area (Å²) in [6.07, 6.45) is 0.883. The van der Waals surface area contributed by atoms with Crippen LogP contribution in [0.5, 0.6) is 0 Å². The van der Waals surface area contributed by atoms with E-state index >= 15 is 0 Å². The van der Waals surface area contributed by atoms with Crippen molar-refractivity contribution in [2.45, 2.75) is 122 Å². The largest absolute Gasteiger partial charge is 0.389 e. The Kier molecular flexibility index (Phi) is 15.1. The van der Waals surface area contributed by atoms with Gasteiger partial charge in [0.25, 0.3) is 11.8 Å². The van der Waals surface area contributed by atoms with Crippen molar-refractivity contribution in [2.24, 2.45) is 23.2 Å². The fourth-order valence-electron chi connectivity index (χ4n) is 6.75. The summed E-state index contributed by atoms with van der Waals surface area (Å²) in [5.41, 5.74) is -0.855. The summed E-state index contributed by atoms with van der Waals surface area (Å²) < 4.78 is 39.7. The van der Waals surface area contributed by atoms with Crippen LogP contribution in [0.1, 0.15) is 96.5 Å². The van der Waals surface area contributed by atoms with Gasteiger partial charge in [-0.25, -0.2) is 4.98 Å². The van der Waals surface area contributed by atoms with E-state index in [0.717, 1.165) is 19.3 Å². The second kappa shape index (κ2) is 18.6. The molecule has 1 saturated heterocycles. The molecule has 0 aromatic carbocycles. The highest BCUT2D eigenvalue weighted by Gasteiger charge is 2.47. The average molecular weight is 738 g/mol. The molecule has 1 aliphatic heterocycles. The number of halogens is 3. The van der Waals surface area contributed by atoms with Crippen molar-refractivity contribution in [3.05, 3.63) is 36.9 Å². The third kappa shape index (κ3) is 12.0. The molecule has 0 radical (unpaired) electrons. The van der Waals surface area contributed by atoms with Gasteiger partial charge in [-0.3, -0.25) is 29.0 Å². The van der Waals surface area contributed by atoms with Crippen molar-refractivity contribution in [3.63, 3.8) is 0 Å². The Bertz CT molecular complexity index is 1400. The lowest BCUT2D eigenvalue weighted by Crippen LogP contribution is -2.62. The molecule has 0 bridgehead atoms. The van der Waals surface area contributed by atoms with Crippen LogP contribution in [0.2, 0.25) is 0 Å². The Balaban J connectivity index is 1.90. The molecule has 1 aromatic heterocycles. The zero-order valence-corrected chi connectivity index (χ0v) is 30.7. The first-order chi connectivity index (χ1) is 24.3. The number of hydrogen-bond donors (Lipinski definition) is 5. The molecular weight excluding hydrogens is 683 g/mol. The second-order valence-corrected chi connectivity index (χ2v) is 15.2. The molecule has 6 atom stereocenters. The SMILES string of the molecule is C=CCNC(=O)C(O)C(CCC(F)(F)F)NC(=O)[C@@H]1C[C@@H](C(C)C)CN1C(=O)[C@@H](NC(=O)C(NC(=O)c1cnccn1)C1CCCCC1)C(C)(C)C. The summed E-state index contributed by atoms with van der Waals surface area (Å²) in [6, 6.07) is -4.93. The molecule has 2 fully saturated rings. The molecule has 5 N–H and O–H groups in total. The number of amides is 5. The fourth-order valence-corrected chi connectivity index (χ4v) is 6.75. The first-order valence-electron chi connectivity index (χ1n) is 18.0.